The minimum Gasteiger partial charge on any atom is -0.322 e. The van der Waals surface area contributed by atoms with Crippen molar-refractivity contribution in [1.29, 1.82) is 0 Å². The highest BCUT2D eigenvalue weighted by Gasteiger charge is 2.35. The number of fused-ring (bicyclic) bond motifs is 2. The van der Waals surface area contributed by atoms with Crippen molar-refractivity contribution >= 4 is 22.7 Å². The van der Waals surface area contributed by atoms with Gasteiger partial charge in [0.1, 0.15) is 0 Å². The molecule has 0 saturated heterocycles. The molecular formula is C19H14N2O3. The summed E-state index contributed by atoms with van der Waals surface area (Å²) in [5.74, 6) is -0.723. The topological polar surface area (TPSA) is 70.2 Å². The van der Waals surface area contributed by atoms with Gasteiger partial charge in [-0.15, -0.1) is 0 Å². The largest absolute Gasteiger partial charge is 0.322 e. The highest BCUT2D eigenvalue weighted by Crippen LogP contribution is 2.24. The van der Waals surface area contributed by atoms with Crippen LogP contribution >= 0.6 is 0 Å². The van der Waals surface area contributed by atoms with Crippen LogP contribution in [-0.4, -0.2) is 21.7 Å². The number of aryl methyl sites for hydroxylation is 1. The third-order valence-corrected chi connectivity index (χ3v) is 4.28. The predicted molar refractivity (Wildman–Crippen MR) is 90.0 cm³/mol. The van der Waals surface area contributed by atoms with Gasteiger partial charge in [-0.2, -0.15) is 0 Å². The molecule has 5 nitrogen and oxygen atoms in total. The van der Waals surface area contributed by atoms with Crippen molar-refractivity contribution in [2.24, 2.45) is 0 Å². The van der Waals surface area contributed by atoms with Crippen molar-refractivity contribution < 1.29 is 9.59 Å². The summed E-state index contributed by atoms with van der Waals surface area (Å²) >= 11 is 0. The van der Waals surface area contributed by atoms with Gasteiger partial charge in [-0.3, -0.25) is 19.3 Å². The smallest absolute Gasteiger partial charge is 0.261 e. The van der Waals surface area contributed by atoms with Crippen LogP contribution in [0.4, 0.5) is 0 Å². The molecule has 4 rings (SSSR count). The Hall–Kier alpha value is -3.21. The zero-order valence-electron chi connectivity index (χ0n) is 13.0. The van der Waals surface area contributed by atoms with Gasteiger partial charge < -0.3 is 4.98 Å². The molecule has 2 heterocycles. The molecule has 0 bridgehead atoms. The monoisotopic (exact) mass is 318 g/mol. The number of rotatable bonds is 2. The first-order valence-corrected chi connectivity index (χ1v) is 7.62. The number of hydrogen-bond donors (Lipinski definition) is 1. The van der Waals surface area contributed by atoms with E-state index in [2.05, 4.69) is 4.98 Å². The minimum absolute atomic E-state index is 0.0361. The van der Waals surface area contributed by atoms with E-state index in [1.54, 1.807) is 30.3 Å². The molecule has 0 spiro atoms. The molecule has 3 aromatic rings. The second-order valence-electron chi connectivity index (χ2n) is 5.96. The van der Waals surface area contributed by atoms with Crippen molar-refractivity contribution in [2.45, 2.75) is 13.5 Å². The van der Waals surface area contributed by atoms with Crippen molar-refractivity contribution in [3.05, 3.63) is 81.1 Å². The van der Waals surface area contributed by atoms with Gasteiger partial charge in [-0.05, 0) is 42.6 Å². The number of benzene rings is 2. The average Bonchev–Trinajstić information content (AvgIpc) is 2.81. The average molecular weight is 318 g/mol. The molecule has 2 amide bonds. The summed E-state index contributed by atoms with van der Waals surface area (Å²) in [5.41, 5.74) is 2.68. The van der Waals surface area contributed by atoms with Gasteiger partial charge in [0.05, 0.1) is 17.7 Å². The molecule has 1 N–H and O–H groups in total. The Morgan fingerprint density at radius 3 is 2.25 bits per heavy atom. The van der Waals surface area contributed by atoms with Gasteiger partial charge >= 0.3 is 0 Å². The second-order valence-corrected chi connectivity index (χ2v) is 5.96. The maximum Gasteiger partial charge on any atom is 0.261 e. The lowest BCUT2D eigenvalue weighted by Gasteiger charge is -2.13. The summed E-state index contributed by atoms with van der Waals surface area (Å²) in [6.07, 6.45) is 0. The van der Waals surface area contributed by atoms with Gasteiger partial charge in [0.15, 0.2) is 0 Å². The summed E-state index contributed by atoms with van der Waals surface area (Å²) in [7, 11) is 0. The van der Waals surface area contributed by atoms with Crippen LogP contribution in [0.1, 0.15) is 31.8 Å². The quantitative estimate of drug-likeness (QED) is 0.738. The van der Waals surface area contributed by atoms with E-state index in [1.807, 2.05) is 25.1 Å². The number of imide groups is 1. The number of pyridine rings is 1. The fourth-order valence-electron chi connectivity index (χ4n) is 3.04. The minimum atomic E-state index is -0.362. The van der Waals surface area contributed by atoms with E-state index < -0.39 is 0 Å². The number of amides is 2. The lowest BCUT2D eigenvalue weighted by Crippen LogP contribution is -2.31. The SMILES string of the molecule is Cc1ccc2[nH]c(=O)c(CN3C(=O)c4ccccc4C3=O)cc2c1. The molecule has 0 atom stereocenters. The van der Waals surface area contributed by atoms with Crippen LogP contribution in [0, 0.1) is 6.92 Å². The standard InChI is InChI=1S/C19H14N2O3/c1-11-6-7-16-12(8-11)9-13(17(22)20-16)10-21-18(23)14-4-2-3-5-15(14)19(21)24/h2-9H,10H2,1H3,(H,20,22). The van der Waals surface area contributed by atoms with Crippen LogP contribution in [-0.2, 0) is 6.54 Å². The first-order valence-electron chi connectivity index (χ1n) is 7.62. The lowest BCUT2D eigenvalue weighted by molar-refractivity contribution is 0.0642. The van der Waals surface area contributed by atoms with Gasteiger partial charge in [0.2, 0.25) is 0 Å². The van der Waals surface area contributed by atoms with Crippen LogP contribution in [0.25, 0.3) is 10.9 Å². The molecule has 5 heteroatoms. The van der Waals surface area contributed by atoms with Gasteiger partial charge in [0, 0.05) is 11.1 Å². The Balaban J connectivity index is 1.75. The van der Waals surface area contributed by atoms with Gasteiger partial charge in [-0.25, -0.2) is 0 Å². The second kappa shape index (κ2) is 5.16. The number of nitrogens with zero attached hydrogens (tertiary/aromatic N) is 1. The molecule has 0 unspecified atom stereocenters. The molecule has 1 aromatic heterocycles. The molecule has 1 aliphatic rings. The first-order chi connectivity index (χ1) is 11.5. The Bertz CT molecular complexity index is 1030. The van der Waals surface area contributed by atoms with Crippen LogP contribution in [0.15, 0.2) is 53.3 Å². The zero-order valence-corrected chi connectivity index (χ0v) is 13.0. The molecule has 24 heavy (non-hydrogen) atoms. The van der Waals surface area contributed by atoms with Crippen molar-refractivity contribution in [3.63, 3.8) is 0 Å². The molecule has 0 aliphatic carbocycles. The fourth-order valence-corrected chi connectivity index (χ4v) is 3.04. The summed E-state index contributed by atoms with van der Waals surface area (Å²) in [6, 6.07) is 14.2. The highest BCUT2D eigenvalue weighted by molar-refractivity contribution is 6.21. The third-order valence-electron chi connectivity index (χ3n) is 4.28. The number of carbonyl (C=O) groups excluding carboxylic acids is 2. The van der Waals surface area contributed by atoms with Crippen molar-refractivity contribution in [3.8, 4) is 0 Å². The summed E-state index contributed by atoms with van der Waals surface area (Å²) in [4.78, 5) is 41.1. The van der Waals surface area contributed by atoms with E-state index in [9.17, 15) is 14.4 Å². The normalized spacial score (nSPS) is 13.6. The van der Waals surface area contributed by atoms with E-state index >= 15 is 0 Å². The zero-order chi connectivity index (χ0) is 16.8. The Labute approximate surface area is 137 Å². The van der Waals surface area contributed by atoms with Crippen LogP contribution in [0.2, 0.25) is 0 Å². The number of nitrogens with one attached hydrogen (secondary N) is 1. The Morgan fingerprint density at radius 2 is 1.58 bits per heavy atom. The van der Waals surface area contributed by atoms with E-state index in [4.69, 9.17) is 0 Å². The van der Waals surface area contributed by atoms with Crippen molar-refractivity contribution in [2.75, 3.05) is 0 Å². The lowest BCUT2D eigenvalue weighted by atomic mass is 10.1. The number of H-pyrrole nitrogens is 1. The van der Waals surface area contributed by atoms with Crippen LogP contribution in [0.3, 0.4) is 0 Å². The van der Waals surface area contributed by atoms with E-state index in [0.29, 0.717) is 16.7 Å². The first kappa shape index (κ1) is 14.4. The Morgan fingerprint density at radius 1 is 0.917 bits per heavy atom. The maximum atomic E-state index is 12.4. The number of aromatic amines is 1. The fraction of sp³-hybridized carbons (Fsp3) is 0.105. The van der Waals surface area contributed by atoms with E-state index in [0.717, 1.165) is 21.4 Å². The molecular weight excluding hydrogens is 304 g/mol. The highest BCUT2D eigenvalue weighted by atomic mass is 16.2. The number of hydrogen-bond acceptors (Lipinski definition) is 3. The third kappa shape index (κ3) is 2.13. The molecule has 1 aliphatic heterocycles. The molecule has 0 saturated carbocycles. The summed E-state index contributed by atoms with van der Waals surface area (Å²) in [5, 5.41) is 0.876. The summed E-state index contributed by atoms with van der Waals surface area (Å²) < 4.78 is 0. The molecule has 0 radical (unpaired) electrons. The van der Waals surface area contributed by atoms with Gasteiger partial charge in [-0.1, -0.05) is 23.8 Å². The van der Waals surface area contributed by atoms with Crippen molar-refractivity contribution in [1.82, 2.24) is 9.88 Å². The van der Waals surface area contributed by atoms with Crippen LogP contribution < -0.4 is 5.56 Å². The predicted octanol–water partition coefficient (Wildman–Crippen LogP) is 2.63. The molecule has 2 aromatic carbocycles. The van der Waals surface area contributed by atoms with E-state index in [1.165, 1.54) is 0 Å². The molecule has 118 valence electrons. The number of carbonyl (C=O) groups is 2. The van der Waals surface area contributed by atoms with Crippen LogP contribution in [0.5, 0.6) is 0 Å². The maximum absolute atomic E-state index is 12.4. The summed E-state index contributed by atoms with van der Waals surface area (Å²) in [6.45, 7) is 1.93. The van der Waals surface area contributed by atoms with E-state index in [-0.39, 0.29) is 23.9 Å². The van der Waals surface area contributed by atoms with Gasteiger partial charge in [0.25, 0.3) is 17.4 Å². The molecule has 0 fully saturated rings. The number of aromatic nitrogens is 1. The Kier molecular flexibility index (Phi) is 3.09.